The van der Waals surface area contributed by atoms with Crippen molar-refractivity contribution in [3.05, 3.63) is 0 Å². The summed E-state index contributed by atoms with van der Waals surface area (Å²) in [6, 6.07) is 0. The van der Waals surface area contributed by atoms with Crippen molar-refractivity contribution in [2.75, 3.05) is 19.6 Å². The van der Waals surface area contributed by atoms with E-state index in [1.54, 1.807) is 0 Å². The lowest BCUT2D eigenvalue weighted by molar-refractivity contribution is 0.477. The van der Waals surface area contributed by atoms with Crippen LogP contribution < -0.4 is 0 Å². The molecule has 0 aliphatic rings. The predicted octanol–water partition coefficient (Wildman–Crippen LogP) is 2.19. The van der Waals surface area contributed by atoms with Crippen LogP contribution in [0.15, 0.2) is 4.99 Å². The lowest BCUT2D eigenvalue weighted by Crippen LogP contribution is -2.20. The minimum absolute atomic E-state index is 0. The lowest BCUT2D eigenvalue weighted by Gasteiger charge is -2.12. The summed E-state index contributed by atoms with van der Waals surface area (Å²) in [5.74, 6) is 0. The third kappa shape index (κ3) is 7.66. The Morgan fingerprint density at radius 2 is 1.73 bits per heavy atom. The number of hydrogen-bond acceptors (Lipinski definition) is 1. The van der Waals surface area contributed by atoms with Crippen molar-refractivity contribution < 1.29 is 0 Å². The van der Waals surface area contributed by atoms with Crippen molar-refractivity contribution in [1.82, 2.24) is 4.90 Å². The lowest BCUT2D eigenvalue weighted by atomic mass is 10.5. The van der Waals surface area contributed by atoms with E-state index in [0.717, 1.165) is 26.1 Å². The van der Waals surface area contributed by atoms with Gasteiger partial charge in [0.15, 0.2) is 0 Å². The second-order valence-corrected chi connectivity index (χ2v) is 2.24. The Kier molecular flexibility index (Phi) is 11.9. The average molecular weight is 179 g/mol. The average Bonchev–Trinajstić information content (AvgIpc) is 1.99. The molecule has 0 rings (SSSR count). The maximum atomic E-state index is 4.23. The summed E-state index contributed by atoms with van der Waals surface area (Å²) in [5, 5.41) is 0. The van der Waals surface area contributed by atoms with Crippen molar-refractivity contribution in [3.63, 3.8) is 0 Å². The third-order valence-corrected chi connectivity index (χ3v) is 1.41. The monoisotopic (exact) mass is 178 g/mol. The molecule has 11 heavy (non-hydrogen) atoms. The fourth-order valence-electron chi connectivity index (χ4n) is 0.689. The molecule has 0 aromatic rings. The van der Waals surface area contributed by atoms with Gasteiger partial charge in [-0.2, -0.15) is 0 Å². The molecule has 0 saturated carbocycles. The topological polar surface area (TPSA) is 15.6 Å². The highest BCUT2D eigenvalue weighted by molar-refractivity contribution is 5.85. The van der Waals surface area contributed by atoms with Gasteiger partial charge in [-0.15, -0.1) is 12.4 Å². The molecule has 0 unspecified atom stereocenters. The molecular weight excluding hydrogens is 160 g/mol. The fraction of sp³-hybridized carbons (Fsp3) is 0.875. The summed E-state index contributed by atoms with van der Waals surface area (Å²) in [5.41, 5.74) is 0. The van der Waals surface area contributed by atoms with Gasteiger partial charge in [0, 0.05) is 19.6 Å². The summed E-state index contributed by atoms with van der Waals surface area (Å²) in [6.45, 7) is 9.49. The Morgan fingerprint density at radius 3 is 2.09 bits per heavy atom. The van der Waals surface area contributed by atoms with Crippen LogP contribution in [-0.4, -0.2) is 30.9 Å². The standard InChI is InChI=1S/C8H18N2.ClH/c1-4-7-9-8-10(5-2)6-3;/h8H,4-7H2,1-3H3;1H. The normalized spacial score (nSPS) is 9.73. The van der Waals surface area contributed by atoms with E-state index in [2.05, 4.69) is 30.7 Å². The minimum Gasteiger partial charge on any atom is -0.364 e. The molecule has 0 N–H and O–H groups in total. The summed E-state index contributed by atoms with van der Waals surface area (Å²) in [7, 11) is 0. The van der Waals surface area contributed by atoms with Crippen LogP contribution >= 0.6 is 12.4 Å². The Labute approximate surface area is 76.1 Å². The highest BCUT2D eigenvalue weighted by Crippen LogP contribution is 1.82. The molecule has 2 nitrogen and oxygen atoms in total. The first-order valence-electron chi connectivity index (χ1n) is 4.09. The quantitative estimate of drug-likeness (QED) is 0.466. The first-order chi connectivity index (χ1) is 4.85. The first kappa shape index (κ1) is 13.4. The predicted molar refractivity (Wildman–Crippen MR) is 53.8 cm³/mol. The van der Waals surface area contributed by atoms with Crippen LogP contribution in [0.25, 0.3) is 0 Å². The van der Waals surface area contributed by atoms with Crippen molar-refractivity contribution in [3.8, 4) is 0 Å². The van der Waals surface area contributed by atoms with Crippen LogP contribution in [-0.2, 0) is 0 Å². The number of aliphatic imine (C=N–C) groups is 1. The number of nitrogens with zero attached hydrogens (tertiary/aromatic N) is 2. The molecule has 3 heteroatoms. The molecule has 0 atom stereocenters. The van der Waals surface area contributed by atoms with Crippen molar-refractivity contribution in [2.24, 2.45) is 4.99 Å². The Bertz CT molecular complexity index is 90.1. The van der Waals surface area contributed by atoms with E-state index < -0.39 is 0 Å². The molecule has 0 fully saturated rings. The van der Waals surface area contributed by atoms with Gasteiger partial charge in [0.1, 0.15) is 0 Å². The molecule has 0 amide bonds. The van der Waals surface area contributed by atoms with E-state index in [4.69, 9.17) is 0 Å². The molecule has 0 aliphatic carbocycles. The Hall–Kier alpha value is -0.240. The highest BCUT2D eigenvalue weighted by Gasteiger charge is 1.87. The van der Waals surface area contributed by atoms with Gasteiger partial charge in [-0.05, 0) is 20.3 Å². The SMILES string of the molecule is CCCN=CN(CC)CC.Cl. The first-order valence-corrected chi connectivity index (χ1v) is 4.09. The van der Waals surface area contributed by atoms with Crippen LogP contribution in [0, 0.1) is 0 Å². The maximum Gasteiger partial charge on any atom is 0.0849 e. The summed E-state index contributed by atoms with van der Waals surface area (Å²) < 4.78 is 0. The number of rotatable bonds is 5. The smallest absolute Gasteiger partial charge is 0.0849 e. The zero-order valence-corrected chi connectivity index (χ0v) is 8.52. The largest absolute Gasteiger partial charge is 0.364 e. The zero-order valence-electron chi connectivity index (χ0n) is 7.71. The second-order valence-electron chi connectivity index (χ2n) is 2.24. The number of hydrogen-bond donors (Lipinski definition) is 0. The van der Waals surface area contributed by atoms with Gasteiger partial charge >= 0.3 is 0 Å². The van der Waals surface area contributed by atoms with E-state index in [1.165, 1.54) is 0 Å². The third-order valence-electron chi connectivity index (χ3n) is 1.41. The Balaban J connectivity index is 0. The molecule has 0 radical (unpaired) electrons. The zero-order chi connectivity index (χ0) is 7.82. The maximum absolute atomic E-state index is 4.23. The second kappa shape index (κ2) is 9.76. The summed E-state index contributed by atoms with van der Waals surface area (Å²) >= 11 is 0. The van der Waals surface area contributed by atoms with Gasteiger partial charge in [-0.3, -0.25) is 4.99 Å². The van der Waals surface area contributed by atoms with Crippen LogP contribution in [0.3, 0.4) is 0 Å². The number of halogens is 1. The van der Waals surface area contributed by atoms with E-state index in [9.17, 15) is 0 Å². The van der Waals surface area contributed by atoms with Crippen LogP contribution in [0.1, 0.15) is 27.2 Å². The van der Waals surface area contributed by atoms with Crippen molar-refractivity contribution >= 4 is 18.7 Å². The van der Waals surface area contributed by atoms with Crippen LogP contribution in [0.2, 0.25) is 0 Å². The van der Waals surface area contributed by atoms with E-state index in [0.29, 0.717) is 0 Å². The molecule has 0 aromatic carbocycles. The molecular formula is C8H19ClN2. The van der Waals surface area contributed by atoms with E-state index in [1.807, 2.05) is 6.34 Å². The van der Waals surface area contributed by atoms with Crippen molar-refractivity contribution in [1.29, 1.82) is 0 Å². The van der Waals surface area contributed by atoms with Gasteiger partial charge in [0.25, 0.3) is 0 Å². The molecule has 0 aromatic heterocycles. The highest BCUT2D eigenvalue weighted by atomic mass is 35.5. The summed E-state index contributed by atoms with van der Waals surface area (Å²) in [6.07, 6.45) is 3.08. The molecule has 0 aliphatic heterocycles. The molecule has 0 bridgehead atoms. The van der Waals surface area contributed by atoms with Crippen LogP contribution in [0.5, 0.6) is 0 Å². The van der Waals surface area contributed by atoms with Crippen LogP contribution in [0.4, 0.5) is 0 Å². The molecule has 0 spiro atoms. The minimum atomic E-state index is 0. The van der Waals surface area contributed by atoms with Gasteiger partial charge < -0.3 is 4.90 Å². The van der Waals surface area contributed by atoms with Gasteiger partial charge in [-0.1, -0.05) is 6.92 Å². The van der Waals surface area contributed by atoms with Gasteiger partial charge in [0.2, 0.25) is 0 Å². The van der Waals surface area contributed by atoms with Gasteiger partial charge in [-0.25, -0.2) is 0 Å². The van der Waals surface area contributed by atoms with E-state index >= 15 is 0 Å². The molecule has 0 saturated heterocycles. The van der Waals surface area contributed by atoms with Gasteiger partial charge in [0.05, 0.1) is 6.34 Å². The molecule has 68 valence electrons. The Morgan fingerprint density at radius 1 is 1.18 bits per heavy atom. The fourth-order valence-corrected chi connectivity index (χ4v) is 0.689. The van der Waals surface area contributed by atoms with Crippen molar-refractivity contribution in [2.45, 2.75) is 27.2 Å². The summed E-state index contributed by atoms with van der Waals surface area (Å²) in [4.78, 5) is 6.42. The van der Waals surface area contributed by atoms with E-state index in [-0.39, 0.29) is 12.4 Å². The molecule has 0 heterocycles.